The maximum atomic E-state index is 13.2. The molecule has 0 radical (unpaired) electrons. The number of carbonyl (C=O) groups excluding carboxylic acids is 14. The monoisotopic (exact) mass is 1290 g/mol. The van der Waals surface area contributed by atoms with Crippen LogP contribution in [0.4, 0.5) is 15.8 Å². The van der Waals surface area contributed by atoms with Gasteiger partial charge in [-0.3, -0.25) is 103 Å². The zero-order valence-electron chi connectivity index (χ0n) is 53.0. The van der Waals surface area contributed by atoms with Crippen LogP contribution in [0, 0.1) is 5.82 Å². The summed E-state index contributed by atoms with van der Waals surface area (Å²) >= 11 is 0. The molecule has 0 aromatic heterocycles. The highest BCUT2D eigenvalue weighted by Crippen LogP contribution is 2.32. The Morgan fingerprint density at radius 2 is 0.796 bits per heavy atom. The van der Waals surface area contributed by atoms with Gasteiger partial charge in [0.15, 0.2) is 0 Å². The van der Waals surface area contributed by atoms with Crippen LogP contribution >= 0.6 is 0 Å². The Kier molecular flexibility index (Phi) is 25.4. The maximum Gasteiger partial charge on any atom is 0.306 e. The summed E-state index contributed by atoms with van der Waals surface area (Å²) in [6.45, 7) is 13.1. The third kappa shape index (κ3) is 20.2. The molecule has 3 unspecified atom stereocenters. The molecule has 0 saturated carbocycles. The molecule has 0 spiro atoms. The van der Waals surface area contributed by atoms with Gasteiger partial charge in [0.1, 0.15) is 35.1 Å². The summed E-state index contributed by atoms with van der Waals surface area (Å²) in [6.07, 6.45) is 9.03. The summed E-state index contributed by atoms with van der Waals surface area (Å²) in [5.41, 5.74) is 6.84. The molecular formula is C65H80FN9O18. The lowest BCUT2D eigenvalue weighted by atomic mass is 10.0. The molecule has 6 heterocycles. The van der Waals surface area contributed by atoms with Crippen LogP contribution in [0.3, 0.4) is 0 Å². The Hall–Kier alpha value is -9.60. The SMILES string of the molecule is CC(C)(C)OC(=O)CCCCCN.CC(C)(C)OC(=O)CCCCCNc1ccc2c(c1)C(=O)N(C1CCC(=O)NC1=O)C2=O.O=C(O)CCCCCNc1ccc2c(c1)C(=O)N(C1CCC(=O)NC1=O)C2=O.O=C1CCC(N2C(=O)c3ccc(F)cc3C2=O)C(=O)N1. The normalized spacial score (nSPS) is 18.4. The lowest BCUT2D eigenvalue weighted by Gasteiger charge is -2.27. The van der Waals surface area contributed by atoms with Crippen LogP contribution in [-0.2, 0) is 52.6 Å². The van der Waals surface area contributed by atoms with Gasteiger partial charge in [0.05, 0.1) is 33.4 Å². The average Bonchev–Trinajstić information content (AvgIpc) is 1.64. The number of ether oxygens (including phenoxy) is 2. The van der Waals surface area contributed by atoms with Crippen molar-refractivity contribution in [1.29, 1.82) is 0 Å². The molecule has 0 bridgehead atoms. The van der Waals surface area contributed by atoms with Gasteiger partial charge in [-0.1, -0.05) is 19.3 Å². The average molecular weight is 1290 g/mol. The largest absolute Gasteiger partial charge is 0.481 e. The van der Waals surface area contributed by atoms with E-state index in [9.17, 15) is 76.3 Å². The molecule has 3 aromatic carbocycles. The van der Waals surface area contributed by atoms with Crippen LogP contribution in [0.25, 0.3) is 0 Å². The van der Waals surface area contributed by atoms with E-state index in [1.807, 2.05) is 41.5 Å². The number of halogens is 1. The number of carbonyl (C=O) groups is 15. The van der Waals surface area contributed by atoms with E-state index in [2.05, 4.69) is 26.6 Å². The molecule has 3 saturated heterocycles. The molecule has 3 aromatic rings. The number of aliphatic carboxylic acids is 1. The molecular weight excluding hydrogens is 1210 g/mol. The van der Waals surface area contributed by atoms with Crippen LogP contribution < -0.4 is 32.3 Å². The number of carboxylic acids is 1. The number of nitrogens with zero attached hydrogens (tertiary/aromatic N) is 3. The van der Waals surface area contributed by atoms with Gasteiger partial charge in [0, 0.05) is 63.0 Å². The Morgan fingerprint density at radius 1 is 0.473 bits per heavy atom. The Bertz CT molecular complexity index is 3450. The topological polar surface area (TPSA) is 391 Å². The minimum Gasteiger partial charge on any atom is -0.481 e. The lowest BCUT2D eigenvalue weighted by molar-refractivity contribution is -0.156. The van der Waals surface area contributed by atoms with Crippen molar-refractivity contribution in [2.24, 2.45) is 5.73 Å². The number of benzene rings is 3. The molecule has 27 nitrogen and oxygen atoms in total. The number of anilines is 2. The molecule has 0 aliphatic carbocycles. The van der Waals surface area contributed by atoms with Crippen molar-refractivity contribution in [3.63, 3.8) is 0 Å². The van der Waals surface area contributed by atoms with Crippen molar-refractivity contribution in [3.8, 4) is 0 Å². The van der Waals surface area contributed by atoms with Gasteiger partial charge < -0.3 is 30.9 Å². The zero-order chi connectivity index (χ0) is 68.5. The number of nitrogens with two attached hydrogens (primary N) is 1. The van der Waals surface area contributed by atoms with E-state index in [1.165, 1.54) is 6.07 Å². The van der Waals surface area contributed by atoms with Gasteiger partial charge in [0.2, 0.25) is 35.4 Å². The predicted octanol–water partition coefficient (Wildman–Crippen LogP) is 5.62. The second-order valence-corrected chi connectivity index (χ2v) is 24.7. The Balaban J connectivity index is 0.000000206. The van der Waals surface area contributed by atoms with Crippen LogP contribution in [0.5, 0.6) is 0 Å². The van der Waals surface area contributed by atoms with E-state index in [-0.39, 0.29) is 95.9 Å². The Morgan fingerprint density at radius 3 is 1.13 bits per heavy atom. The number of rotatable bonds is 22. The summed E-state index contributed by atoms with van der Waals surface area (Å²) in [4.78, 5) is 181. The number of esters is 2. The molecule has 6 aliphatic heterocycles. The first-order chi connectivity index (χ1) is 43.9. The molecule has 3 fully saturated rings. The second kappa shape index (κ2) is 32.6. The Labute approximate surface area is 536 Å². The van der Waals surface area contributed by atoms with Crippen molar-refractivity contribution in [2.75, 3.05) is 30.3 Å². The number of amides is 12. The van der Waals surface area contributed by atoms with Crippen molar-refractivity contribution in [1.82, 2.24) is 30.7 Å². The number of nitrogens with one attached hydrogen (secondary N) is 5. The van der Waals surface area contributed by atoms with Gasteiger partial charge in [0.25, 0.3) is 35.4 Å². The first-order valence-electron chi connectivity index (χ1n) is 30.9. The number of hydrogen-bond donors (Lipinski definition) is 7. The first kappa shape index (κ1) is 72.5. The minimum absolute atomic E-state index is 0.0537. The van der Waals surface area contributed by atoms with Crippen molar-refractivity contribution < 1.29 is 90.9 Å². The maximum absolute atomic E-state index is 13.2. The van der Waals surface area contributed by atoms with E-state index < -0.39 is 106 Å². The number of carboxylic acid groups (broad SMARTS) is 1. The number of unbranched alkanes of at least 4 members (excludes halogenated alkanes) is 6. The van der Waals surface area contributed by atoms with Crippen LogP contribution in [0.2, 0.25) is 0 Å². The first-order valence-corrected chi connectivity index (χ1v) is 30.9. The zero-order valence-corrected chi connectivity index (χ0v) is 53.0. The van der Waals surface area contributed by atoms with Crippen molar-refractivity contribution in [2.45, 2.75) is 186 Å². The highest BCUT2D eigenvalue weighted by Gasteiger charge is 2.47. The van der Waals surface area contributed by atoms with Gasteiger partial charge >= 0.3 is 17.9 Å². The number of hydrogen-bond acceptors (Lipinski definition) is 20. The fraction of sp³-hybridized carbons (Fsp3) is 0.492. The van der Waals surface area contributed by atoms with Crippen molar-refractivity contribution in [3.05, 3.63) is 93.8 Å². The lowest BCUT2D eigenvalue weighted by Crippen LogP contribution is -2.54. The number of fused-ring (bicyclic) bond motifs is 3. The van der Waals surface area contributed by atoms with E-state index in [0.29, 0.717) is 50.3 Å². The number of imide groups is 6. The highest BCUT2D eigenvalue weighted by atomic mass is 19.1. The van der Waals surface area contributed by atoms with Crippen molar-refractivity contribution >= 4 is 100 Å². The van der Waals surface area contributed by atoms with Crippen LogP contribution in [0.1, 0.15) is 219 Å². The highest BCUT2D eigenvalue weighted by molar-refractivity contribution is 6.25. The quantitative estimate of drug-likeness (QED) is 0.0364. The smallest absolute Gasteiger partial charge is 0.306 e. The fourth-order valence-corrected chi connectivity index (χ4v) is 10.6. The van der Waals surface area contributed by atoms with E-state index in [0.717, 1.165) is 78.2 Å². The molecule has 12 amide bonds. The number of piperidine rings is 3. The predicted molar refractivity (Wildman–Crippen MR) is 330 cm³/mol. The summed E-state index contributed by atoms with van der Waals surface area (Å²) in [5, 5.41) is 21.4. The van der Waals surface area contributed by atoms with Gasteiger partial charge in [-0.05, 0) is 160 Å². The third-order valence-corrected chi connectivity index (χ3v) is 15.0. The van der Waals surface area contributed by atoms with Crippen LogP contribution in [0.15, 0.2) is 54.6 Å². The molecule has 6 aliphatic rings. The molecule has 500 valence electrons. The van der Waals surface area contributed by atoms with Gasteiger partial charge in [-0.2, -0.15) is 0 Å². The molecule has 8 N–H and O–H groups in total. The standard InChI is InChI=1S/C23H29N3O6.C19H21N3O6.C13H9FN2O4.C10H21NO2/c1-23(2,3)32-19(28)7-5-4-6-12-24-14-8-9-15-16(13-14)22(31)26(21(15)30)17-10-11-18(27)25-20(17)29;23-15-8-7-14(17(26)21-15)22-18(27)12-6-5-11(10-13(12)19(22)28)20-9-3-1-2-4-16(24)25;14-6-1-2-7-8(5-6)13(20)16(12(7)19)9-3-4-10(17)15-11(9)18;1-10(2,3)13-9(12)7-5-4-6-8-11/h8-9,13,17,24H,4-7,10-12H2,1-3H3,(H,25,27,29);5-6,10,14,20H,1-4,7-9H2,(H,24,25)(H,21,23,26);1-2,5,9H,3-4H2,(H,15,17,18);4-8,11H2,1-3H3. The molecule has 9 rings (SSSR count). The summed E-state index contributed by atoms with van der Waals surface area (Å²) < 4.78 is 23.6. The van der Waals surface area contributed by atoms with Gasteiger partial charge in [-0.25, -0.2) is 4.39 Å². The summed E-state index contributed by atoms with van der Waals surface area (Å²) in [7, 11) is 0. The molecule has 93 heavy (non-hydrogen) atoms. The summed E-state index contributed by atoms with van der Waals surface area (Å²) in [6, 6.07) is 10.0. The minimum atomic E-state index is -1.02. The fourth-order valence-electron chi connectivity index (χ4n) is 10.6. The second-order valence-electron chi connectivity index (χ2n) is 24.7. The third-order valence-electron chi connectivity index (χ3n) is 15.0. The van der Waals surface area contributed by atoms with Gasteiger partial charge in [-0.15, -0.1) is 0 Å². The van der Waals surface area contributed by atoms with E-state index >= 15 is 0 Å². The summed E-state index contributed by atoms with van der Waals surface area (Å²) in [5.74, 6) is -8.41. The van der Waals surface area contributed by atoms with Crippen LogP contribution in [-0.4, -0.2) is 158 Å². The molecule has 3 atom stereocenters. The van der Waals surface area contributed by atoms with E-state index in [4.69, 9.17) is 20.3 Å². The van der Waals surface area contributed by atoms with E-state index in [1.54, 1.807) is 36.4 Å². The molecule has 28 heteroatoms.